The zero-order valence-corrected chi connectivity index (χ0v) is 13.0. The Hall–Kier alpha value is -0.880. The summed E-state index contributed by atoms with van der Waals surface area (Å²) in [6.07, 6.45) is 0. The van der Waals surface area contributed by atoms with Gasteiger partial charge in [-0.2, -0.15) is 0 Å². The van der Waals surface area contributed by atoms with Gasteiger partial charge in [-0.3, -0.25) is 11.3 Å². The van der Waals surface area contributed by atoms with E-state index in [9.17, 15) is 4.39 Å². The Morgan fingerprint density at radius 2 is 2.10 bits per heavy atom. The number of fused-ring (bicyclic) bond motifs is 1. The van der Waals surface area contributed by atoms with E-state index >= 15 is 0 Å². The molecule has 1 aliphatic heterocycles. The summed E-state index contributed by atoms with van der Waals surface area (Å²) in [4.78, 5) is 1.26. The van der Waals surface area contributed by atoms with Gasteiger partial charge in [0.2, 0.25) is 0 Å². The largest absolute Gasteiger partial charge is 0.271 e. The zero-order chi connectivity index (χ0) is 14.1. The Bertz CT molecular complexity index is 635. The second-order valence-electron chi connectivity index (χ2n) is 4.77. The van der Waals surface area contributed by atoms with Crippen molar-refractivity contribution in [2.24, 2.45) is 5.84 Å². The third-order valence-corrected chi connectivity index (χ3v) is 5.31. The molecule has 0 bridgehead atoms. The molecule has 2 atom stereocenters. The summed E-state index contributed by atoms with van der Waals surface area (Å²) >= 11 is 5.19. The van der Waals surface area contributed by atoms with E-state index in [1.165, 1.54) is 16.5 Å². The minimum atomic E-state index is -0.233. The molecule has 1 aliphatic rings. The van der Waals surface area contributed by atoms with Crippen LogP contribution in [0.4, 0.5) is 4.39 Å². The highest BCUT2D eigenvalue weighted by molar-refractivity contribution is 9.10. The molecule has 0 radical (unpaired) electrons. The molecule has 0 saturated heterocycles. The van der Waals surface area contributed by atoms with Gasteiger partial charge in [-0.25, -0.2) is 4.39 Å². The number of hydrogen-bond donors (Lipinski definition) is 2. The van der Waals surface area contributed by atoms with E-state index in [2.05, 4.69) is 33.5 Å². The van der Waals surface area contributed by atoms with Crippen molar-refractivity contribution >= 4 is 27.7 Å². The Morgan fingerprint density at radius 1 is 1.30 bits per heavy atom. The summed E-state index contributed by atoms with van der Waals surface area (Å²) in [6.45, 7) is 0. The van der Waals surface area contributed by atoms with E-state index in [1.807, 2.05) is 12.1 Å². The summed E-state index contributed by atoms with van der Waals surface area (Å²) in [7, 11) is 0. The molecular formula is C15H14BrFN2S. The van der Waals surface area contributed by atoms with Crippen LogP contribution in [0.5, 0.6) is 0 Å². The fourth-order valence-corrected chi connectivity index (χ4v) is 4.31. The Kier molecular flexibility index (Phi) is 4.12. The van der Waals surface area contributed by atoms with Crippen LogP contribution in [0, 0.1) is 5.82 Å². The van der Waals surface area contributed by atoms with Gasteiger partial charge in [0.1, 0.15) is 5.82 Å². The van der Waals surface area contributed by atoms with Crippen LogP contribution in [0.15, 0.2) is 51.8 Å². The second kappa shape index (κ2) is 5.85. The molecule has 2 unspecified atom stereocenters. The molecule has 3 N–H and O–H groups in total. The minimum Gasteiger partial charge on any atom is -0.271 e. The van der Waals surface area contributed by atoms with Crippen LogP contribution >= 0.6 is 27.7 Å². The van der Waals surface area contributed by atoms with Crippen molar-refractivity contribution in [3.8, 4) is 0 Å². The predicted molar refractivity (Wildman–Crippen MR) is 84.1 cm³/mol. The van der Waals surface area contributed by atoms with Crippen LogP contribution in [0.3, 0.4) is 0 Å². The van der Waals surface area contributed by atoms with Gasteiger partial charge in [-0.1, -0.05) is 34.1 Å². The molecule has 0 saturated carbocycles. The molecule has 0 aliphatic carbocycles. The average molecular weight is 353 g/mol. The van der Waals surface area contributed by atoms with Crippen molar-refractivity contribution in [1.82, 2.24) is 5.43 Å². The summed E-state index contributed by atoms with van der Waals surface area (Å²) in [5.74, 6) is 6.56. The number of rotatable bonds is 3. The monoisotopic (exact) mass is 352 g/mol. The van der Waals surface area contributed by atoms with Gasteiger partial charge in [0.25, 0.3) is 0 Å². The van der Waals surface area contributed by atoms with Crippen LogP contribution in [-0.4, -0.2) is 5.75 Å². The summed E-state index contributed by atoms with van der Waals surface area (Å²) in [5, 5.41) is 0. The maximum absolute atomic E-state index is 14.1. The highest BCUT2D eigenvalue weighted by Gasteiger charge is 2.32. The Morgan fingerprint density at radius 3 is 2.90 bits per heavy atom. The van der Waals surface area contributed by atoms with Crippen molar-refractivity contribution in [1.29, 1.82) is 0 Å². The lowest BCUT2D eigenvalue weighted by molar-refractivity contribution is 0.460. The molecule has 0 amide bonds. The average Bonchev–Trinajstić information content (AvgIpc) is 2.88. The molecule has 0 aromatic heterocycles. The van der Waals surface area contributed by atoms with Crippen LogP contribution in [0.25, 0.3) is 0 Å². The minimum absolute atomic E-state index is 0.171. The molecule has 5 heteroatoms. The van der Waals surface area contributed by atoms with Gasteiger partial charge in [0, 0.05) is 26.6 Å². The van der Waals surface area contributed by atoms with Gasteiger partial charge in [-0.15, -0.1) is 11.8 Å². The number of thioether (sulfide) groups is 1. The molecule has 2 nitrogen and oxygen atoms in total. The predicted octanol–water partition coefficient (Wildman–Crippen LogP) is 3.98. The first-order valence-electron chi connectivity index (χ1n) is 6.33. The molecule has 0 spiro atoms. The molecule has 2 aromatic rings. The van der Waals surface area contributed by atoms with Crippen LogP contribution < -0.4 is 11.3 Å². The van der Waals surface area contributed by atoms with Crippen molar-refractivity contribution in [3.05, 3.63) is 63.9 Å². The first kappa shape index (κ1) is 14.1. The van der Waals surface area contributed by atoms with E-state index < -0.39 is 0 Å². The van der Waals surface area contributed by atoms with Crippen molar-refractivity contribution < 1.29 is 4.39 Å². The van der Waals surface area contributed by atoms with Crippen LogP contribution in [0.1, 0.15) is 23.1 Å². The SMILES string of the molecule is NNC(c1cc(Br)ccc1F)C1CSc2ccccc21. The number of hydrazine groups is 1. The standard InChI is InChI=1S/C15H14BrFN2S/c16-9-5-6-13(17)11(7-9)15(19-18)12-8-20-14-4-2-1-3-10(12)14/h1-7,12,15,19H,8,18H2. The molecule has 2 aromatic carbocycles. The topological polar surface area (TPSA) is 38.0 Å². The zero-order valence-electron chi connectivity index (χ0n) is 10.6. The smallest absolute Gasteiger partial charge is 0.128 e. The van der Waals surface area contributed by atoms with Gasteiger partial charge >= 0.3 is 0 Å². The normalized spacial score (nSPS) is 18.9. The number of halogens is 2. The van der Waals surface area contributed by atoms with Gasteiger partial charge in [-0.05, 0) is 29.8 Å². The fraction of sp³-hybridized carbons (Fsp3) is 0.200. The lowest BCUT2D eigenvalue weighted by atomic mass is 9.89. The van der Waals surface area contributed by atoms with Crippen molar-refractivity contribution in [2.45, 2.75) is 16.9 Å². The van der Waals surface area contributed by atoms with Crippen LogP contribution in [0.2, 0.25) is 0 Å². The molecule has 104 valence electrons. The lowest BCUT2D eigenvalue weighted by Crippen LogP contribution is -2.33. The summed E-state index contributed by atoms with van der Waals surface area (Å²) in [5.41, 5.74) is 4.63. The summed E-state index contributed by atoms with van der Waals surface area (Å²) in [6, 6.07) is 13.0. The molecule has 20 heavy (non-hydrogen) atoms. The van der Waals surface area contributed by atoms with E-state index in [-0.39, 0.29) is 17.8 Å². The van der Waals surface area contributed by atoms with Crippen molar-refractivity contribution in [2.75, 3.05) is 5.75 Å². The van der Waals surface area contributed by atoms with E-state index in [0.717, 1.165) is 10.2 Å². The Labute approximate surface area is 130 Å². The Balaban J connectivity index is 2.01. The molecule has 3 rings (SSSR count). The maximum Gasteiger partial charge on any atom is 0.128 e. The maximum atomic E-state index is 14.1. The molecule has 0 fully saturated rings. The van der Waals surface area contributed by atoms with Gasteiger partial charge in [0.15, 0.2) is 0 Å². The van der Waals surface area contributed by atoms with E-state index in [4.69, 9.17) is 5.84 Å². The molecular weight excluding hydrogens is 339 g/mol. The third-order valence-electron chi connectivity index (χ3n) is 3.61. The third kappa shape index (κ3) is 2.51. The number of nitrogens with two attached hydrogens (primary N) is 1. The van der Waals surface area contributed by atoms with Crippen molar-refractivity contribution in [3.63, 3.8) is 0 Å². The van der Waals surface area contributed by atoms with E-state index in [0.29, 0.717) is 5.56 Å². The van der Waals surface area contributed by atoms with Gasteiger partial charge in [0.05, 0.1) is 6.04 Å². The fourth-order valence-electron chi connectivity index (χ4n) is 2.64. The van der Waals surface area contributed by atoms with Gasteiger partial charge < -0.3 is 0 Å². The lowest BCUT2D eigenvalue weighted by Gasteiger charge is -2.24. The highest BCUT2D eigenvalue weighted by atomic mass is 79.9. The first-order valence-corrected chi connectivity index (χ1v) is 8.11. The second-order valence-corrected chi connectivity index (χ2v) is 6.74. The quantitative estimate of drug-likeness (QED) is 0.648. The number of benzene rings is 2. The number of nitrogens with one attached hydrogen (secondary N) is 1. The molecule has 1 heterocycles. The first-order chi connectivity index (χ1) is 9.70. The summed E-state index contributed by atoms with van der Waals surface area (Å²) < 4.78 is 15.0. The number of hydrogen-bond acceptors (Lipinski definition) is 3. The van der Waals surface area contributed by atoms with Crippen LogP contribution in [-0.2, 0) is 0 Å². The van der Waals surface area contributed by atoms with E-state index in [1.54, 1.807) is 23.9 Å². The highest BCUT2D eigenvalue weighted by Crippen LogP contribution is 2.45.